The van der Waals surface area contributed by atoms with E-state index in [-0.39, 0.29) is 23.5 Å². The summed E-state index contributed by atoms with van der Waals surface area (Å²) in [6, 6.07) is 0. The zero-order valence-electron chi connectivity index (χ0n) is 14.0. The summed E-state index contributed by atoms with van der Waals surface area (Å²) in [4.78, 5) is 20.1. The van der Waals surface area contributed by atoms with E-state index >= 15 is 0 Å². The van der Waals surface area contributed by atoms with Crippen LogP contribution in [-0.2, 0) is 11.3 Å². The van der Waals surface area contributed by atoms with Crippen LogP contribution in [0.1, 0.15) is 26.0 Å². The summed E-state index contributed by atoms with van der Waals surface area (Å²) in [5.74, 6) is -0.358. The van der Waals surface area contributed by atoms with Gasteiger partial charge in [-0.05, 0) is 6.42 Å². The number of rotatable bonds is 4. The molecule has 27 heavy (non-hydrogen) atoms. The second-order valence-electron chi connectivity index (χ2n) is 6.24. The molecule has 0 bridgehead atoms. The van der Waals surface area contributed by atoms with Crippen LogP contribution in [0.3, 0.4) is 0 Å². The number of aliphatic hydroxyl groups excluding tert-OH is 2. The van der Waals surface area contributed by atoms with Crippen LogP contribution in [0, 0.1) is 0 Å². The maximum Gasteiger partial charge on any atom is 0.406 e. The molecule has 1 saturated heterocycles. The van der Waals surface area contributed by atoms with Crippen molar-refractivity contribution >= 4 is 28.7 Å². The van der Waals surface area contributed by atoms with Crippen molar-refractivity contribution in [2.45, 2.75) is 57.0 Å². The molecule has 0 spiro atoms. The molecule has 0 aliphatic carbocycles. The first-order valence-electron chi connectivity index (χ1n) is 8.05. The summed E-state index contributed by atoms with van der Waals surface area (Å²) < 4.78 is 45.5. The lowest BCUT2D eigenvalue weighted by molar-refractivity contribution is -0.140. The van der Waals surface area contributed by atoms with Crippen LogP contribution < -0.4 is 11.4 Å². The Morgan fingerprint density at radius 1 is 1.44 bits per heavy atom. The van der Waals surface area contributed by atoms with Gasteiger partial charge in [0.1, 0.15) is 18.2 Å². The van der Waals surface area contributed by atoms with Gasteiger partial charge < -0.3 is 20.7 Å². The molecule has 2 aromatic rings. The molecular formula is C14H17ClF3N5O4. The number of imidazole rings is 1. The number of ether oxygens (including phenoxy) is 1. The largest absolute Gasteiger partial charge is 0.406 e. The average Bonchev–Trinajstić information content (AvgIpc) is 3.04. The van der Waals surface area contributed by atoms with Crippen molar-refractivity contribution in [3.05, 3.63) is 15.6 Å². The zero-order chi connectivity index (χ0) is 20.1. The first-order valence-corrected chi connectivity index (χ1v) is 8.43. The Hall–Kier alpha value is -1.89. The minimum absolute atomic E-state index is 0.00758. The molecule has 1 aliphatic heterocycles. The zero-order valence-corrected chi connectivity index (χ0v) is 14.8. The lowest BCUT2D eigenvalue weighted by Gasteiger charge is -2.18. The first-order chi connectivity index (χ1) is 12.5. The van der Waals surface area contributed by atoms with Gasteiger partial charge in [0.15, 0.2) is 17.0 Å². The molecule has 1 unspecified atom stereocenters. The summed E-state index contributed by atoms with van der Waals surface area (Å²) in [5.41, 5.74) is 3.71. The predicted octanol–water partition coefficient (Wildman–Crippen LogP) is 0.810. The fraction of sp³-hybridized carbons (Fsp3) is 0.643. The van der Waals surface area contributed by atoms with Gasteiger partial charge in [0, 0.05) is 6.42 Å². The summed E-state index contributed by atoms with van der Waals surface area (Å²) in [6.07, 6.45) is -8.71. The van der Waals surface area contributed by atoms with Crippen molar-refractivity contribution in [3.63, 3.8) is 0 Å². The van der Waals surface area contributed by atoms with Gasteiger partial charge in [0.2, 0.25) is 5.95 Å². The minimum atomic E-state index is -4.72. The number of halogens is 4. The number of anilines is 1. The van der Waals surface area contributed by atoms with E-state index in [1.807, 2.05) is 0 Å². The molecule has 0 radical (unpaired) electrons. The summed E-state index contributed by atoms with van der Waals surface area (Å²) in [7, 11) is 0. The highest BCUT2D eigenvalue weighted by molar-refractivity contribution is 6.33. The second kappa shape index (κ2) is 6.93. The van der Waals surface area contributed by atoms with Gasteiger partial charge >= 0.3 is 11.9 Å². The van der Waals surface area contributed by atoms with Gasteiger partial charge in [0.25, 0.3) is 0 Å². The predicted molar refractivity (Wildman–Crippen MR) is 88.1 cm³/mol. The van der Waals surface area contributed by atoms with E-state index < -0.39 is 48.1 Å². The lowest BCUT2D eigenvalue weighted by atomic mass is 10.1. The number of aromatic nitrogens is 4. The van der Waals surface area contributed by atoms with Gasteiger partial charge in [-0.3, -0.25) is 4.57 Å². The lowest BCUT2D eigenvalue weighted by Crippen LogP contribution is -2.34. The van der Waals surface area contributed by atoms with Gasteiger partial charge in [-0.2, -0.15) is 23.1 Å². The number of nitrogens with zero attached hydrogens (tertiary/aromatic N) is 4. The molecule has 2 aromatic heterocycles. The molecule has 1 fully saturated rings. The Kier molecular flexibility index (Phi) is 5.10. The molecule has 0 aromatic carbocycles. The van der Waals surface area contributed by atoms with Gasteiger partial charge in [0.05, 0.1) is 12.2 Å². The maximum atomic E-state index is 12.9. The van der Waals surface area contributed by atoms with Crippen molar-refractivity contribution in [3.8, 4) is 0 Å². The van der Waals surface area contributed by atoms with Crippen LogP contribution in [0.5, 0.6) is 0 Å². The maximum absolute atomic E-state index is 12.9. The van der Waals surface area contributed by atoms with E-state index in [1.54, 1.807) is 6.92 Å². The van der Waals surface area contributed by atoms with E-state index in [1.165, 1.54) is 0 Å². The second-order valence-corrected chi connectivity index (χ2v) is 6.60. The van der Waals surface area contributed by atoms with Crippen LogP contribution >= 0.6 is 11.6 Å². The molecule has 4 N–H and O–H groups in total. The first kappa shape index (κ1) is 19.9. The van der Waals surface area contributed by atoms with Crippen LogP contribution in [0.2, 0.25) is 5.15 Å². The monoisotopic (exact) mass is 411 g/mol. The Balaban J connectivity index is 2.19. The molecule has 13 heteroatoms. The highest BCUT2D eigenvalue weighted by atomic mass is 35.5. The highest BCUT2D eigenvalue weighted by Crippen LogP contribution is 2.34. The Labute approximate surface area is 155 Å². The Morgan fingerprint density at radius 2 is 2.11 bits per heavy atom. The third kappa shape index (κ3) is 3.61. The number of aliphatic hydroxyl groups is 2. The van der Waals surface area contributed by atoms with Crippen molar-refractivity contribution in [1.29, 1.82) is 0 Å². The molecule has 4 atom stereocenters. The van der Waals surface area contributed by atoms with E-state index in [9.17, 15) is 28.2 Å². The molecule has 3 heterocycles. The van der Waals surface area contributed by atoms with Crippen molar-refractivity contribution in [2.24, 2.45) is 0 Å². The van der Waals surface area contributed by atoms with Gasteiger partial charge in [-0.25, -0.2) is 9.36 Å². The fourth-order valence-corrected chi connectivity index (χ4v) is 3.40. The molecule has 1 aliphatic rings. The molecule has 9 nitrogen and oxygen atoms in total. The molecule has 0 saturated carbocycles. The SMILES string of the molecule is CCC(O)[C@@H]1C[C@@H](O)[C@H](n2c(=O)n(CC(F)(F)F)c3c(Cl)nc(N)nc32)O1. The summed E-state index contributed by atoms with van der Waals surface area (Å²) >= 11 is 5.91. The Morgan fingerprint density at radius 3 is 2.70 bits per heavy atom. The molecule has 3 rings (SSSR count). The fourth-order valence-electron chi connectivity index (χ4n) is 3.13. The highest BCUT2D eigenvalue weighted by Gasteiger charge is 2.41. The number of hydrogen-bond donors (Lipinski definition) is 3. The van der Waals surface area contributed by atoms with E-state index in [4.69, 9.17) is 22.1 Å². The molecule has 150 valence electrons. The standard InChI is InChI=1S/C14H17ClF3N5O4/c1-2-5(24)7-3-6(25)11(27-7)23-10-8(9(15)20-12(19)21-10)22(13(23)26)4-14(16,17)18/h5-7,11,24-25H,2-4H2,1H3,(H2,19,20,21)/t5?,6-,7+,11-/m1/s1. The third-order valence-electron chi connectivity index (χ3n) is 4.33. The van der Waals surface area contributed by atoms with Crippen molar-refractivity contribution in [2.75, 3.05) is 5.73 Å². The van der Waals surface area contributed by atoms with E-state index in [0.717, 1.165) is 4.57 Å². The number of alkyl halides is 3. The number of nitrogen functional groups attached to an aromatic ring is 1. The van der Waals surface area contributed by atoms with Crippen LogP contribution in [0.15, 0.2) is 4.79 Å². The normalized spacial score (nSPS) is 24.6. The summed E-state index contributed by atoms with van der Waals surface area (Å²) in [5, 5.41) is 19.8. The molecule has 0 amide bonds. The average molecular weight is 412 g/mol. The number of hydrogen-bond acceptors (Lipinski definition) is 7. The number of fused-ring (bicyclic) bond motifs is 1. The van der Waals surface area contributed by atoms with Crippen molar-refractivity contribution < 1.29 is 28.1 Å². The smallest absolute Gasteiger partial charge is 0.390 e. The quantitative estimate of drug-likeness (QED) is 0.635. The summed E-state index contributed by atoms with van der Waals surface area (Å²) in [6.45, 7) is 0.0644. The van der Waals surface area contributed by atoms with Crippen LogP contribution in [0.4, 0.5) is 19.1 Å². The molecular weight excluding hydrogens is 395 g/mol. The Bertz CT molecular complexity index is 915. The van der Waals surface area contributed by atoms with E-state index in [0.29, 0.717) is 11.0 Å². The van der Waals surface area contributed by atoms with E-state index in [2.05, 4.69) is 9.97 Å². The topological polar surface area (TPSA) is 128 Å². The van der Waals surface area contributed by atoms with Gasteiger partial charge in [-0.15, -0.1) is 0 Å². The van der Waals surface area contributed by atoms with Gasteiger partial charge in [-0.1, -0.05) is 18.5 Å². The van der Waals surface area contributed by atoms with Crippen LogP contribution in [0.25, 0.3) is 11.2 Å². The van der Waals surface area contributed by atoms with Crippen LogP contribution in [-0.4, -0.2) is 53.8 Å². The minimum Gasteiger partial charge on any atom is -0.390 e. The number of nitrogens with two attached hydrogens (primary N) is 1. The van der Waals surface area contributed by atoms with Crippen molar-refractivity contribution in [1.82, 2.24) is 19.1 Å². The third-order valence-corrected chi connectivity index (χ3v) is 4.60.